The Labute approximate surface area is 69.4 Å². The summed E-state index contributed by atoms with van der Waals surface area (Å²) in [5, 5.41) is 9.13. The van der Waals surface area contributed by atoms with Gasteiger partial charge in [0.05, 0.1) is 5.56 Å². The molecule has 1 aromatic carbocycles. The molecule has 0 aliphatic carbocycles. The van der Waals surface area contributed by atoms with Gasteiger partial charge in [-0.3, -0.25) is 4.79 Å². The third-order valence-electron chi connectivity index (χ3n) is 1.44. The molecule has 11 heavy (non-hydrogen) atoms. The number of aldehydes is 1. The summed E-state index contributed by atoms with van der Waals surface area (Å²) >= 11 is 5.51. The minimum absolute atomic E-state index is 0.0156. The molecule has 0 bridgehead atoms. The third-order valence-corrected chi connectivity index (χ3v) is 1.72. The Morgan fingerprint density at radius 2 is 2.27 bits per heavy atom. The predicted molar refractivity (Wildman–Crippen MR) is 43.1 cm³/mol. The molecule has 0 unspecified atom stereocenters. The second-order valence-corrected chi connectivity index (χ2v) is 2.37. The van der Waals surface area contributed by atoms with Crippen LogP contribution in [-0.4, -0.2) is 11.4 Å². The van der Waals surface area contributed by atoms with Gasteiger partial charge in [0.25, 0.3) is 0 Å². The van der Waals surface area contributed by atoms with Crippen molar-refractivity contribution in [2.24, 2.45) is 0 Å². The molecule has 0 saturated heterocycles. The minimum atomic E-state index is -0.0156. The van der Waals surface area contributed by atoms with Crippen LogP contribution in [0.4, 0.5) is 0 Å². The van der Waals surface area contributed by atoms with E-state index in [0.29, 0.717) is 11.8 Å². The fourth-order valence-corrected chi connectivity index (χ4v) is 1.09. The van der Waals surface area contributed by atoms with E-state index in [2.05, 4.69) is 0 Å². The van der Waals surface area contributed by atoms with E-state index >= 15 is 0 Å². The van der Waals surface area contributed by atoms with E-state index in [1.165, 1.54) is 6.07 Å². The van der Waals surface area contributed by atoms with E-state index in [4.69, 9.17) is 16.7 Å². The number of hydrogen-bond acceptors (Lipinski definition) is 2. The minimum Gasteiger partial charge on any atom is -0.507 e. The maximum absolute atomic E-state index is 10.4. The highest BCUT2D eigenvalue weighted by Crippen LogP contribution is 2.19. The highest BCUT2D eigenvalue weighted by molar-refractivity contribution is 6.17. The Balaban J connectivity index is 3.24. The SMILES string of the molecule is O=Cc1c(O)cccc1CCl. The highest BCUT2D eigenvalue weighted by Gasteiger charge is 2.03. The van der Waals surface area contributed by atoms with Crippen LogP contribution in [0.2, 0.25) is 0 Å². The monoisotopic (exact) mass is 170 g/mol. The van der Waals surface area contributed by atoms with E-state index in [1.807, 2.05) is 0 Å². The number of alkyl halides is 1. The van der Waals surface area contributed by atoms with E-state index in [0.717, 1.165) is 0 Å². The maximum atomic E-state index is 10.4. The normalized spacial score (nSPS) is 9.55. The van der Waals surface area contributed by atoms with Crippen molar-refractivity contribution in [3.63, 3.8) is 0 Å². The van der Waals surface area contributed by atoms with Crippen molar-refractivity contribution < 1.29 is 9.90 Å². The smallest absolute Gasteiger partial charge is 0.154 e. The average molecular weight is 171 g/mol. The van der Waals surface area contributed by atoms with Gasteiger partial charge in [-0.2, -0.15) is 0 Å². The van der Waals surface area contributed by atoms with Crippen molar-refractivity contribution in [3.8, 4) is 5.75 Å². The summed E-state index contributed by atoms with van der Waals surface area (Å²) in [5.74, 6) is 0.223. The van der Waals surface area contributed by atoms with Gasteiger partial charge in [-0.25, -0.2) is 0 Å². The number of phenols is 1. The Kier molecular flexibility index (Phi) is 2.49. The fourth-order valence-electron chi connectivity index (χ4n) is 0.852. The van der Waals surface area contributed by atoms with Crippen molar-refractivity contribution in [1.29, 1.82) is 0 Å². The van der Waals surface area contributed by atoms with Crippen molar-refractivity contribution >= 4 is 17.9 Å². The number of benzene rings is 1. The number of hydrogen-bond donors (Lipinski definition) is 1. The van der Waals surface area contributed by atoms with Crippen LogP contribution in [0.1, 0.15) is 15.9 Å². The number of aromatic hydroxyl groups is 1. The van der Waals surface area contributed by atoms with Crippen molar-refractivity contribution in [3.05, 3.63) is 29.3 Å². The lowest BCUT2D eigenvalue weighted by Gasteiger charge is -2.00. The molecular formula is C8H7ClO2. The van der Waals surface area contributed by atoms with Crippen LogP contribution in [-0.2, 0) is 5.88 Å². The maximum Gasteiger partial charge on any atom is 0.154 e. The molecule has 1 N–H and O–H groups in total. The van der Waals surface area contributed by atoms with Gasteiger partial charge in [-0.1, -0.05) is 12.1 Å². The van der Waals surface area contributed by atoms with Crippen LogP contribution in [0.3, 0.4) is 0 Å². The summed E-state index contributed by atoms with van der Waals surface area (Å²) in [4.78, 5) is 10.4. The second kappa shape index (κ2) is 3.39. The molecule has 0 spiro atoms. The summed E-state index contributed by atoms with van der Waals surface area (Å²) in [6.07, 6.45) is 0.604. The van der Waals surface area contributed by atoms with Crippen LogP contribution >= 0.6 is 11.6 Å². The van der Waals surface area contributed by atoms with Gasteiger partial charge in [-0.05, 0) is 11.6 Å². The first-order valence-electron chi connectivity index (χ1n) is 3.11. The van der Waals surface area contributed by atoms with Crippen LogP contribution in [0.15, 0.2) is 18.2 Å². The van der Waals surface area contributed by atoms with Crippen LogP contribution in [0, 0.1) is 0 Å². The van der Waals surface area contributed by atoms with Crippen LogP contribution in [0.5, 0.6) is 5.75 Å². The van der Waals surface area contributed by atoms with E-state index in [1.54, 1.807) is 12.1 Å². The van der Waals surface area contributed by atoms with Crippen molar-refractivity contribution in [2.45, 2.75) is 5.88 Å². The van der Waals surface area contributed by atoms with E-state index in [9.17, 15) is 4.79 Å². The second-order valence-electron chi connectivity index (χ2n) is 2.10. The summed E-state index contributed by atoms with van der Waals surface area (Å²) in [6.45, 7) is 0. The van der Waals surface area contributed by atoms with Gasteiger partial charge in [0.1, 0.15) is 5.75 Å². The van der Waals surface area contributed by atoms with Crippen LogP contribution in [0.25, 0.3) is 0 Å². The molecule has 0 aromatic heterocycles. The Bertz CT molecular complexity index is 271. The first-order chi connectivity index (χ1) is 5.29. The molecule has 0 aliphatic heterocycles. The quantitative estimate of drug-likeness (QED) is 0.544. The van der Waals surface area contributed by atoms with Gasteiger partial charge in [0.2, 0.25) is 0 Å². The van der Waals surface area contributed by atoms with Gasteiger partial charge < -0.3 is 5.11 Å². The molecule has 2 nitrogen and oxygen atoms in total. The van der Waals surface area contributed by atoms with Gasteiger partial charge in [0.15, 0.2) is 6.29 Å². The number of rotatable bonds is 2. The number of halogens is 1. The van der Waals surface area contributed by atoms with Crippen molar-refractivity contribution in [2.75, 3.05) is 0 Å². The molecule has 0 saturated carbocycles. The molecule has 58 valence electrons. The highest BCUT2D eigenvalue weighted by atomic mass is 35.5. The summed E-state index contributed by atoms with van der Waals surface area (Å²) < 4.78 is 0. The molecule has 3 heteroatoms. The zero-order valence-corrected chi connectivity index (χ0v) is 6.51. The predicted octanol–water partition coefficient (Wildman–Crippen LogP) is 1.94. The first kappa shape index (κ1) is 8.08. The summed E-state index contributed by atoms with van der Waals surface area (Å²) in [7, 11) is 0. The van der Waals surface area contributed by atoms with Gasteiger partial charge in [0, 0.05) is 5.88 Å². The Hall–Kier alpha value is -1.02. The average Bonchev–Trinajstić information content (AvgIpc) is 2.04. The van der Waals surface area contributed by atoms with Crippen LogP contribution < -0.4 is 0 Å². The lowest BCUT2D eigenvalue weighted by molar-refractivity contribution is 0.112. The van der Waals surface area contributed by atoms with Gasteiger partial charge in [-0.15, -0.1) is 11.6 Å². The molecule has 0 amide bonds. The molecule has 0 atom stereocenters. The Morgan fingerprint density at radius 3 is 2.73 bits per heavy atom. The third kappa shape index (κ3) is 1.52. The standard InChI is InChI=1S/C8H7ClO2/c9-4-6-2-1-3-8(11)7(6)5-10/h1-3,5,11H,4H2. The zero-order chi connectivity index (χ0) is 8.27. The number of carbonyl (C=O) groups excluding carboxylic acids is 1. The zero-order valence-electron chi connectivity index (χ0n) is 5.75. The molecule has 0 aliphatic rings. The van der Waals surface area contributed by atoms with E-state index < -0.39 is 0 Å². The Morgan fingerprint density at radius 1 is 1.55 bits per heavy atom. The van der Waals surface area contributed by atoms with Crippen molar-refractivity contribution in [1.82, 2.24) is 0 Å². The number of phenolic OH excluding ortho intramolecular Hbond substituents is 1. The molecule has 0 radical (unpaired) electrons. The van der Waals surface area contributed by atoms with Gasteiger partial charge >= 0.3 is 0 Å². The first-order valence-corrected chi connectivity index (χ1v) is 3.65. The molecule has 0 fully saturated rings. The number of carbonyl (C=O) groups is 1. The fraction of sp³-hybridized carbons (Fsp3) is 0.125. The lowest BCUT2D eigenvalue weighted by Crippen LogP contribution is -1.88. The largest absolute Gasteiger partial charge is 0.507 e. The molecule has 1 rings (SSSR count). The summed E-state index contributed by atoms with van der Waals surface area (Å²) in [5.41, 5.74) is 0.934. The molecule has 0 heterocycles. The molecule has 1 aromatic rings. The van der Waals surface area contributed by atoms with E-state index in [-0.39, 0.29) is 17.2 Å². The molecular weight excluding hydrogens is 164 g/mol. The lowest BCUT2D eigenvalue weighted by atomic mass is 10.1. The summed E-state index contributed by atoms with van der Waals surface area (Å²) in [6, 6.07) is 4.82. The topological polar surface area (TPSA) is 37.3 Å².